The maximum absolute atomic E-state index is 12.8. The Morgan fingerprint density at radius 2 is 1.74 bits per heavy atom. The molecular formula is C25H34N4O2. The highest BCUT2D eigenvalue weighted by atomic mass is 16.5. The van der Waals surface area contributed by atoms with Gasteiger partial charge in [0.2, 0.25) is 0 Å². The van der Waals surface area contributed by atoms with Gasteiger partial charge in [-0.1, -0.05) is 6.42 Å². The molecule has 0 spiro atoms. The molecule has 2 aliphatic rings. The van der Waals surface area contributed by atoms with Crippen molar-refractivity contribution in [2.45, 2.75) is 38.6 Å². The number of piperidine rings is 1. The largest absolute Gasteiger partial charge is 0.494 e. The van der Waals surface area contributed by atoms with E-state index in [1.54, 1.807) is 24.5 Å². The second-order valence-electron chi connectivity index (χ2n) is 8.63. The van der Waals surface area contributed by atoms with Crippen LogP contribution >= 0.6 is 0 Å². The highest BCUT2D eigenvalue weighted by Crippen LogP contribution is 2.23. The Bertz CT molecular complexity index is 821. The van der Waals surface area contributed by atoms with Crippen molar-refractivity contribution in [3.8, 4) is 5.75 Å². The number of rotatable bonds is 7. The van der Waals surface area contributed by atoms with Crippen molar-refractivity contribution in [2.24, 2.45) is 0 Å². The second kappa shape index (κ2) is 10.6. The standard InChI is InChI=1S/C25H34N4O2/c1-21-20-28(17-18-29(21)25(30)22-10-12-26-13-11-22)23-6-8-24(9-7-23)31-19-5-16-27-14-3-2-4-15-27/h6-13,21H,2-5,14-20H2,1H3/t21-/m0/s1. The van der Waals surface area contributed by atoms with Gasteiger partial charge < -0.3 is 19.4 Å². The fourth-order valence-electron chi connectivity index (χ4n) is 4.57. The van der Waals surface area contributed by atoms with E-state index in [9.17, 15) is 4.79 Å². The molecule has 2 aliphatic heterocycles. The third-order valence-corrected chi connectivity index (χ3v) is 6.35. The average molecular weight is 423 g/mol. The maximum atomic E-state index is 12.8. The summed E-state index contributed by atoms with van der Waals surface area (Å²) < 4.78 is 5.95. The van der Waals surface area contributed by atoms with E-state index in [2.05, 4.69) is 46.0 Å². The summed E-state index contributed by atoms with van der Waals surface area (Å²) in [5.74, 6) is 1.02. The SMILES string of the molecule is C[C@H]1CN(c2ccc(OCCCN3CCCCC3)cc2)CCN1C(=O)c1ccncc1. The molecule has 1 aromatic carbocycles. The van der Waals surface area contributed by atoms with Crippen LogP contribution in [0.3, 0.4) is 0 Å². The Hall–Kier alpha value is -2.60. The first-order chi connectivity index (χ1) is 15.2. The number of carbonyl (C=O) groups excluding carboxylic acids is 1. The zero-order valence-corrected chi connectivity index (χ0v) is 18.6. The smallest absolute Gasteiger partial charge is 0.254 e. The molecule has 2 aromatic rings. The van der Waals surface area contributed by atoms with Crippen LogP contribution in [0.2, 0.25) is 0 Å². The summed E-state index contributed by atoms with van der Waals surface area (Å²) in [5, 5.41) is 0. The molecule has 0 N–H and O–H groups in total. The lowest BCUT2D eigenvalue weighted by Gasteiger charge is -2.41. The molecule has 1 atom stereocenters. The molecule has 1 amide bonds. The van der Waals surface area contributed by atoms with Crippen LogP contribution in [0.15, 0.2) is 48.8 Å². The van der Waals surface area contributed by atoms with E-state index in [1.807, 2.05) is 4.90 Å². The van der Waals surface area contributed by atoms with Crippen molar-refractivity contribution in [2.75, 3.05) is 50.8 Å². The fourth-order valence-corrected chi connectivity index (χ4v) is 4.57. The van der Waals surface area contributed by atoms with E-state index in [-0.39, 0.29) is 11.9 Å². The molecule has 6 nitrogen and oxygen atoms in total. The number of ether oxygens (including phenoxy) is 1. The quantitative estimate of drug-likeness (QED) is 0.637. The van der Waals surface area contributed by atoms with E-state index in [4.69, 9.17) is 4.74 Å². The number of amides is 1. The molecule has 31 heavy (non-hydrogen) atoms. The predicted molar refractivity (Wildman–Crippen MR) is 124 cm³/mol. The van der Waals surface area contributed by atoms with Gasteiger partial charge in [-0.3, -0.25) is 9.78 Å². The van der Waals surface area contributed by atoms with Gasteiger partial charge in [-0.05, 0) is 75.7 Å². The second-order valence-corrected chi connectivity index (χ2v) is 8.63. The van der Waals surface area contributed by atoms with Crippen molar-refractivity contribution < 1.29 is 9.53 Å². The van der Waals surface area contributed by atoms with Gasteiger partial charge in [0.25, 0.3) is 5.91 Å². The Labute approximate surface area is 185 Å². The number of piperazine rings is 1. The van der Waals surface area contributed by atoms with E-state index in [0.717, 1.165) is 45.0 Å². The van der Waals surface area contributed by atoms with Crippen LogP contribution in [0, 0.1) is 0 Å². The summed E-state index contributed by atoms with van der Waals surface area (Å²) in [5.41, 5.74) is 1.89. The molecule has 1 aromatic heterocycles. The number of carbonyl (C=O) groups is 1. The number of pyridine rings is 1. The first-order valence-corrected chi connectivity index (χ1v) is 11.6. The van der Waals surface area contributed by atoms with Gasteiger partial charge in [-0.2, -0.15) is 0 Å². The molecule has 0 unspecified atom stereocenters. The Morgan fingerprint density at radius 1 is 1.00 bits per heavy atom. The molecule has 2 saturated heterocycles. The van der Waals surface area contributed by atoms with E-state index < -0.39 is 0 Å². The molecule has 0 aliphatic carbocycles. The van der Waals surface area contributed by atoms with E-state index in [1.165, 1.54) is 38.0 Å². The van der Waals surface area contributed by atoms with Crippen LogP contribution < -0.4 is 9.64 Å². The van der Waals surface area contributed by atoms with Gasteiger partial charge in [0, 0.05) is 55.9 Å². The minimum absolute atomic E-state index is 0.0860. The Kier molecular flexibility index (Phi) is 7.41. The van der Waals surface area contributed by atoms with Crippen LogP contribution in [-0.4, -0.2) is 72.6 Å². The Morgan fingerprint density at radius 3 is 2.45 bits per heavy atom. The molecule has 2 fully saturated rings. The first-order valence-electron chi connectivity index (χ1n) is 11.6. The van der Waals surface area contributed by atoms with Crippen LogP contribution in [0.5, 0.6) is 5.75 Å². The van der Waals surface area contributed by atoms with Gasteiger partial charge in [-0.15, -0.1) is 0 Å². The highest BCUT2D eigenvalue weighted by molar-refractivity contribution is 5.94. The molecule has 166 valence electrons. The molecule has 3 heterocycles. The van der Waals surface area contributed by atoms with E-state index >= 15 is 0 Å². The van der Waals surface area contributed by atoms with Crippen molar-refractivity contribution in [3.63, 3.8) is 0 Å². The van der Waals surface area contributed by atoms with Crippen LogP contribution in [0.4, 0.5) is 5.69 Å². The van der Waals surface area contributed by atoms with Crippen molar-refractivity contribution in [1.82, 2.24) is 14.8 Å². The lowest BCUT2D eigenvalue weighted by Crippen LogP contribution is -2.54. The maximum Gasteiger partial charge on any atom is 0.254 e. The predicted octanol–water partition coefficient (Wildman–Crippen LogP) is 3.69. The number of hydrogen-bond acceptors (Lipinski definition) is 5. The number of likely N-dealkylation sites (tertiary alicyclic amines) is 1. The van der Waals surface area contributed by atoms with Gasteiger partial charge >= 0.3 is 0 Å². The molecule has 4 rings (SSSR count). The number of nitrogens with zero attached hydrogens (tertiary/aromatic N) is 4. The number of hydrogen-bond donors (Lipinski definition) is 0. The van der Waals surface area contributed by atoms with Gasteiger partial charge in [0.1, 0.15) is 5.75 Å². The van der Waals surface area contributed by atoms with Gasteiger partial charge in [0.05, 0.1) is 6.61 Å². The zero-order valence-electron chi connectivity index (χ0n) is 18.6. The lowest BCUT2D eigenvalue weighted by molar-refractivity contribution is 0.0674. The normalized spacial score (nSPS) is 20.0. The van der Waals surface area contributed by atoms with Crippen LogP contribution in [0.25, 0.3) is 0 Å². The zero-order chi connectivity index (χ0) is 21.5. The van der Waals surface area contributed by atoms with Gasteiger partial charge in [-0.25, -0.2) is 0 Å². The van der Waals surface area contributed by atoms with Crippen molar-refractivity contribution >= 4 is 11.6 Å². The minimum atomic E-state index is 0.0860. The number of benzene rings is 1. The molecule has 0 bridgehead atoms. The summed E-state index contributed by atoms with van der Waals surface area (Å²) in [7, 11) is 0. The minimum Gasteiger partial charge on any atom is -0.494 e. The average Bonchev–Trinajstić information content (AvgIpc) is 2.83. The molecule has 0 saturated carbocycles. The Balaban J connectivity index is 1.23. The molecule has 6 heteroatoms. The highest BCUT2D eigenvalue weighted by Gasteiger charge is 2.28. The number of anilines is 1. The summed E-state index contributed by atoms with van der Waals surface area (Å²) in [6.07, 6.45) is 8.48. The van der Waals surface area contributed by atoms with Crippen LogP contribution in [0.1, 0.15) is 43.0 Å². The summed E-state index contributed by atoms with van der Waals surface area (Å²) >= 11 is 0. The molecule has 0 radical (unpaired) electrons. The lowest BCUT2D eigenvalue weighted by atomic mass is 10.1. The van der Waals surface area contributed by atoms with Gasteiger partial charge in [0.15, 0.2) is 0 Å². The number of aromatic nitrogens is 1. The molecular weight excluding hydrogens is 388 g/mol. The summed E-state index contributed by atoms with van der Waals surface area (Å²) in [6, 6.07) is 12.1. The summed E-state index contributed by atoms with van der Waals surface area (Å²) in [4.78, 5) is 23.7. The summed E-state index contributed by atoms with van der Waals surface area (Å²) in [6.45, 7) is 8.89. The monoisotopic (exact) mass is 422 g/mol. The first kappa shape index (κ1) is 21.6. The third-order valence-electron chi connectivity index (χ3n) is 6.35. The fraction of sp³-hybridized carbons (Fsp3) is 0.520. The van der Waals surface area contributed by atoms with Crippen LogP contribution in [-0.2, 0) is 0 Å². The topological polar surface area (TPSA) is 48.9 Å². The van der Waals surface area contributed by atoms with Crippen molar-refractivity contribution in [3.05, 3.63) is 54.4 Å². The van der Waals surface area contributed by atoms with Crippen molar-refractivity contribution in [1.29, 1.82) is 0 Å². The van der Waals surface area contributed by atoms with E-state index in [0.29, 0.717) is 5.56 Å². The third kappa shape index (κ3) is 5.76.